The van der Waals surface area contributed by atoms with Gasteiger partial charge in [0.05, 0.1) is 25.4 Å². The second-order valence-electron chi connectivity index (χ2n) is 16.7. The van der Waals surface area contributed by atoms with E-state index in [9.17, 15) is 35.4 Å². The molecule has 0 bridgehead atoms. The van der Waals surface area contributed by atoms with E-state index < -0.39 is 61.5 Å². The van der Waals surface area contributed by atoms with Crippen molar-refractivity contribution in [3.8, 4) is 0 Å². The van der Waals surface area contributed by atoms with Gasteiger partial charge in [-0.05, 0) is 19.3 Å². The van der Waals surface area contributed by atoms with Gasteiger partial charge in [0.25, 0.3) is 0 Å². The first-order chi connectivity index (χ1) is 27.3. The highest BCUT2D eigenvalue weighted by atomic mass is 16.7. The number of nitrogens with one attached hydrogen (secondary N) is 1. The number of aliphatic hydroxyl groups excluding tert-OH is 6. The van der Waals surface area contributed by atoms with Crippen LogP contribution in [0.5, 0.6) is 0 Å². The standard InChI is InChI=1S/C46H89NO9/c1-3-5-7-9-11-13-15-17-18-19-20-21-23-25-27-29-31-33-35-40(50)45(54)47-38(37-55-46-44(53)43(52)42(51)41(36-48)56-46)39(49)34-32-30-28-26-24-22-16-14-12-10-8-6-4-2/h32,34,38-44,46,48-53H,3-31,33,35-37H2,1-2H3,(H,47,54)/b34-32+/t38-,39+,40?,41+,42-,43-,44+,46?/m0/s1. The van der Waals surface area contributed by atoms with Gasteiger partial charge < -0.3 is 45.4 Å². The molecule has 0 aromatic heterocycles. The molecule has 10 heteroatoms. The number of ether oxygens (including phenoxy) is 2. The van der Waals surface area contributed by atoms with Gasteiger partial charge in [0.1, 0.15) is 30.5 Å². The van der Waals surface area contributed by atoms with Crippen LogP contribution in [0.25, 0.3) is 0 Å². The fourth-order valence-electron chi connectivity index (χ4n) is 7.57. The number of unbranched alkanes of at least 4 members (excludes halogenated alkanes) is 28. The van der Waals surface area contributed by atoms with Crippen LogP contribution in [0.1, 0.15) is 213 Å². The van der Waals surface area contributed by atoms with E-state index in [4.69, 9.17) is 9.47 Å². The van der Waals surface area contributed by atoms with E-state index in [1.54, 1.807) is 6.08 Å². The molecule has 0 spiro atoms. The van der Waals surface area contributed by atoms with Gasteiger partial charge in [-0.3, -0.25) is 4.79 Å². The van der Waals surface area contributed by atoms with Crippen LogP contribution in [0.15, 0.2) is 12.2 Å². The van der Waals surface area contributed by atoms with E-state index in [1.165, 1.54) is 148 Å². The first-order valence-electron chi connectivity index (χ1n) is 23.5. The molecule has 1 aliphatic heterocycles. The monoisotopic (exact) mass is 800 g/mol. The number of rotatable bonds is 39. The normalized spacial score (nSPS) is 21.8. The summed E-state index contributed by atoms with van der Waals surface area (Å²) in [5.41, 5.74) is 0. The van der Waals surface area contributed by atoms with Crippen molar-refractivity contribution in [1.82, 2.24) is 5.32 Å². The van der Waals surface area contributed by atoms with Crippen LogP contribution >= 0.6 is 0 Å². The molecule has 0 aliphatic carbocycles. The van der Waals surface area contributed by atoms with Gasteiger partial charge in [-0.25, -0.2) is 0 Å². The summed E-state index contributed by atoms with van der Waals surface area (Å²) in [6.45, 7) is 3.61. The number of hydrogen-bond acceptors (Lipinski definition) is 9. The highest BCUT2D eigenvalue weighted by Gasteiger charge is 2.44. The molecular weight excluding hydrogens is 711 g/mol. The minimum Gasteiger partial charge on any atom is -0.394 e. The molecule has 1 heterocycles. The SMILES string of the molecule is CCCCCCCCCCCCC/C=C/[C@@H](O)[C@H](COC1O[C@H](CO)[C@H](O)[C@H](O)[C@H]1O)NC(=O)C(O)CCCCCCCCCCCCCCCCCCCC. The fourth-order valence-corrected chi connectivity index (χ4v) is 7.57. The zero-order chi connectivity index (χ0) is 41.1. The Balaban J connectivity index is 2.38. The van der Waals surface area contributed by atoms with Crippen molar-refractivity contribution in [2.24, 2.45) is 0 Å². The van der Waals surface area contributed by atoms with Gasteiger partial charge >= 0.3 is 0 Å². The summed E-state index contributed by atoms with van der Waals surface area (Å²) in [7, 11) is 0. The van der Waals surface area contributed by atoms with Gasteiger partial charge in [-0.15, -0.1) is 0 Å². The maximum Gasteiger partial charge on any atom is 0.249 e. The summed E-state index contributed by atoms with van der Waals surface area (Å²) in [6, 6.07) is -0.974. The number of allylic oxidation sites excluding steroid dienone is 1. The zero-order valence-corrected chi connectivity index (χ0v) is 36.0. The van der Waals surface area contributed by atoms with E-state index in [0.29, 0.717) is 6.42 Å². The molecule has 1 fully saturated rings. The number of carbonyl (C=O) groups is 1. The molecule has 8 atom stereocenters. The van der Waals surface area contributed by atoms with Crippen molar-refractivity contribution in [1.29, 1.82) is 0 Å². The van der Waals surface area contributed by atoms with Crippen LogP contribution in [0.3, 0.4) is 0 Å². The number of carbonyl (C=O) groups excluding carboxylic acids is 1. The molecule has 0 radical (unpaired) electrons. The molecule has 0 saturated carbocycles. The number of aliphatic hydroxyl groups is 6. The molecule has 1 amide bonds. The van der Waals surface area contributed by atoms with E-state index in [2.05, 4.69) is 19.2 Å². The summed E-state index contributed by atoms with van der Waals surface area (Å²) in [6.07, 6.45) is 31.5. The third-order valence-electron chi connectivity index (χ3n) is 11.5. The van der Waals surface area contributed by atoms with E-state index in [1.807, 2.05) is 6.08 Å². The Bertz CT molecular complexity index is 906. The van der Waals surface area contributed by atoms with Crippen LogP contribution in [-0.2, 0) is 14.3 Å². The third-order valence-corrected chi connectivity index (χ3v) is 11.5. The van der Waals surface area contributed by atoms with Crippen molar-refractivity contribution in [3.63, 3.8) is 0 Å². The van der Waals surface area contributed by atoms with E-state index >= 15 is 0 Å². The molecule has 0 aromatic carbocycles. The molecular formula is C46H89NO9. The second-order valence-corrected chi connectivity index (χ2v) is 16.7. The summed E-state index contributed by atoms with van der Waals surface area (Å²) in [4.78, 5) is 13.0. The number of amides is 1. The van der Waals surface area contributed by atoms with Crippen molar-refractivity contribution < 1.29 is 44.9 Å². The highest BCUT2D eigenvalue weighted by Crippen LogP contribution is 2.23. The molecule has 7 N–H and O–H groups in total. The Labute approximate surface area is 342 Å². The van der Waals surface area contributed by atoms with Gasteiger partial charge in [-0.2, -0.15) is 0 Å². The molecule has 2 unspecified atom stereocenters. The lowest BCUT2D eigenvalue weighted by Gasteiger charge is -2.40. The first kappa shape index (κ1) is 52.9. The smallest absolute Gasteiger partial charge is 0.249 e. The molecule has 10 nitrogen and oxygen atoms in total. The average molecular weight is 800 g/mol. The zero-order valence-electron chi connectivity index (χ0n) is 36.0. The van der Waals surface area contributed by atoms with Crippen molar-refractivity contribution in [2.45, 2.75) is 262 Å². The minimum atomic E-state index is -1.61. The van der Waals surface area contributed by atoms with Gasteiger partial charge in [0.15, 0.2) is 6.29 Å². The Hall–Kier alpha value is -1.11. The molecule has 0 aromatic rings. The second kappa shape index (κ2) is 36.9. The molecule has 1 rings (SSSR count). The lowest BCUT2D eigenvalue weighted by molar-refractivity contribution is -0.302. The third kappa shape index (κ3) is 26.8. The summed E-state index contributed by atoms with van der Waals surface area (Å²) in [5.74, 6) is -0.614. The Morgan fingerprint density at radius 2 is 1.02 bits per heavy atom. The average Bonchev–Trinajstić information content (AvgIpc) is 3.20. The summed E-state index contributed by atoms with van der Waals surface area (Å²) < 4.78 is 11.1. The van der Waals surface area contributed by atoms with Crippen LogP contribution < -0.4 is 5.32 Å². The summed E-state index contributed by atoms with van der Waals surface area (Å²) >= 11 is 0. The molecule has 1 aliphatic rings. The Morgan fingerprint density at radius 1 is 0.607 bits per heavy atom. The molecule has 56 heavy (non-hydrogen) atoms. The van der Waals surface area contributed by atoms with Crippen LogP contribution in [0.2, 0.25) is 0 Å². The van der Waals surface area contributed by atoms with Gasteiger partial charge in [0, 0.05) is 0 Å². The van der Waals surface area contributed by atoms with E-state index in [0.717, 1.165) is 44.9 Å². The Kier molecular flexibility index (Phi) is 34.9. The highest BCUT2D eigenvalue weighted by molar-refractivity contribution is 5.80. The lowest BCUT2D eigenvalue weighted by atomic mass is 9.99. The Morgan fingerprint density at radius 3 is 1.45 bits per heavy atom. The fraction of sp³-hybridized carbons (Fsp3) is 0.935. The maximum absolute atomic E-state index is 13.0. The van der Waals surface area contributed by atoms with Gasteiger partial charge in [0.2, 0.25) is 5.91 Å². The minimum absolute atomic E-state index is 0.301. The molecule has 1 saturated heterocycles. The van der Waals surface area contributed by atoms with Crippen LogP contribution in [-0.4, -0.2) is 98.7 Å². The van der Waals surface area contributed by atoms with Crippen molar-refractivity contribution in [3.05, 3.63) is 12.2 Å². The maximum atomic E-state index is 13.0. The topological polar surface area (TPSA) is 169 Å². The van der Waals surface area contributed by atoms with Crippen LogP contribution in [0, 0.1) is 0 Å². The number of hydrogen-bond donors (Lipinski definition) is 7. The van der Waals surface area contributed by atoms with Crippen molar-refractivity contribution in [2.75, 3.05) is 13.2 Å². The first-order valence-corrected chi connectivity index (χ1v) is 23.5. The lowest BCUT2D eigenvalue weighted by Crippen LogP contribution is -2.60. The van der Waals surface area contributed by atoms with E-state index in [-0.39, 0.29) is 6.61 Å². The molecule has 332 valence electrons. The predicted octanol–water partition coefficient (Wildman–Crippen LogP) is 8.70. The van der Waals surface area contributed by atoms with Crippen LogP contribution in [0.4, 0.5) is 0 Å². The summed E-state index contributed by atoms with van der Waals surface area (Å²) in [5, 5.41) is 64.6. The van der Waals surface area contributed by atoms with Crippen molar-refractivity contribution >= 4 is 5.91 Å². The largest absolute Gasteiger partial charge is 0.394 e. The quantitative estimate of drug-likeness (QED) is 0.0238. The predicted molar refractivity (Wildman–Crippen MR) is 227 cm³/mol. The van der Waals surface area contributed by atoms with Gasteiger partial charge in [-0.1, -0.05) is 206 Å².